The van der Waals surface area contributed by atoms with E-state index in [0.29, 0.717) is 6.42 Å². The zero-order chi connectivity index (χ0) is 11.8. The Morgan fingerprint density at radius 2 is 1.81 bits per heavy atom. The van der Waals surface area contributed by atoms with Gasteiger partial charge in [-0.25, -0.2) is 0 Å². The van der Waals surface area contributed by atoms with Crippen LogP contribution in [0.5, 0.6) is 0 Å². The number of ether oxygens (including phenoxy) is 1. The number of benzene rings is 1. The summed E-state index contributed by atoms with van der Waals surface area (Å²) in [6.07, 6.45) is -4.58. The molecule has 16 heavy (non-hydrogen) atoms. The highest BCUT2D eigenvalue weighted by Gasteiger charge is 2.70. The van der Waals surface area contributed by atoms with Crippen LogP contribution in [0.4, 0.5) is 13.2 Å². The highest BCUT2D eigenvalue weighted by atomic mass is 19.4. The molecule has 1 saturated heterocycles. The molecule has 1 aliphatic rings. The molecule has 2 rings (SSSR count). The maximum atomic E-state index is 12.7. The lowest BCUT2D eigenvalue weighted by molar-refractivity contribution is -0.185. The van der Waals surface area contributed by atoms with Crippen LogP contribution in [0.2, 0.25) is 0 Å². The molecule has 0 saturated carbocycles. The van der Waals surface area contributed by atoms with E-state index in [0.717, 1.165) is 5.56 Å². The van der Waals surface area contributed by atoms with Gasteiger partial charge in [-0.2, -0.15) is 13.2 Å². The van der Waals surface area contributed by atoms with Crippen molar-refractivity contribution in [1.29, 1.82) is 0 Å². The smallest absolute Gasteiger partial charge is 0.356 e. The average molecular weight is 230 g/mol. The summed E-state index contributed by atoms with van der Waals surface area (Å²) in [5, 5.41) is 0. The third kappa shape index (κ3) is 1.94. The summed E-state index contributed by atoms with van der Waals surface area (Å²) < 4.78 is 42.9. The summed E-state index contributed by atoms with van der Waals surface area (Å²) in [4.78, 5) is 0. The van der Waals surface area contributed by atoms with E-state index in [1.165, 1.54) is 6.92 Å². The van der Waals surface area contributed by atoms with E-state index < -0.39 is 17.9 Å². The van der Waals surface area contributed by atoms with Gasteiger partial charge in [0.05, 0.1) is 6.10 Å². The predicted molar refractivity (Wildman–Crippen MR) is 54.1 cm³/mol. The first-order valence-corrected chi connectivity index (χ1v) is 5.24. The van der Waals surface area contributed by atoms with Gasteiger partial charge < -0.3 is 4.74 Å². The van der Waals surface area contributed by atoms with Gasteiger partial charge in [0.25, 0.3) is 0 Å². The number of hydrogen-bond acceptors (Lipinski definition) is 1. The van der Waals surface area contributed by atoms with Gasteiger partial charge in [-0.1, -0.05) is 30.3 Å². The van der Waals surface area contributed by atoms with Gasteiger partial charge in [0.1, 0.15) is 0 Å². The van der Waals surface area contributed by atoms with E-state index in [-0.39, 0.29) is 6.42 Å². The van der Waals surface area contributed by atoms with Crippen LogP contribution in [0.15, 0.2) is 30.3 Å². The maximum absolute atomic E-state index is 12.7. The molecule has 0 radical (unpaired) electrons. The molecule has 4 heteroatoms. The highest BCUT2D eigenvalue weighted by molar-refractivity contribution is 5.17. The SMILES string of the molecule is CC1OC1(CCc1ccccc1)C(F)(F)F. The van der Waals surface area contributed by atoms with Crippen LogP contribution in [0, 0.1) is 0 Å². The summed E-state index contributed by atoms with van der Waals surface area (Å²) in [6.45, 7) is 1.47. The first-order chi connectivity index (χ1) is 7.46. The fourth-order valence-corrected chi connectivity index (χ4v) is 1.96. The molecule has 1 nitrogen and oxygen atoms in total. The van der Waals surface area contributed by atoms with Crippen molar-refractivity contribution in [2.75, 3.05) is 0 Å². The quantitative estimate of drug-likeness (QED) is 0.725. The molecule has 0 aliphatic carbocycles. The monoisotopic (exact) mass is 230 g/mol. The minimum Gasteiger partial charge on any atom is -0.356 e. The van der Waals surface area contributed by atoms with Gasteiger partial charge in [0.15, 0.2) is 5.60 Å². The van der Waals surface area contributed by atoms with Crippen molar-refractivity contribution in [3.63, 3.8) is 0 Å². The van der Waals surface area contributed by atoms with Crippen molar-refractivity contribution in [2.45, 2.75) is 37.6 Å². The van der Waals surface area contributed by atoms with Crippen molar-refractivity contribution < 1.29 is 17.9 Å². The lowest BCUT2D eigenvalue weighted by atomic mass is 9.96. The summed E-state index contributed by atoms with van der Waals surface area (Å²) in [5.41, 5.74) is -0.989. The van der Waals surface area contributed by atoms with Gasteiger partial charge >= 0.3 is 6.18 Å². The average Bonchev–Trinajstić information content (AvgIpc) is 2.89. The second-order valence-corrected chi connectivity index (χ2v) is 4.13. The fraction of sp³-hybridized carbons (Fsp3) is 0.500. The Bertz CT molecular complexity index is 360. The molecule has 0 amide bonds. The molecule has 1 heterocycles. The van der Waals surface area contributed by atoms with Gasteiger partial charge in [-0.05, 0) is 25.3 Å². The summed E-state index contributed by atoms with van der Waals surface area (Å²) in [5.74, 6) is 0. The van der Waals surface area contributed by atoms with E-state index in [2.05, 4.69) is 0 Å². The molecule has 88 valence electrons. The van der Waals surface area contributed by atoms with Crippen molar-refractivity contribution in [3.8, 4) is 0 Å². The van der Waals surface area contributed by atoms with Gasteiger partial charge in [0, 0.05) is 0 Å². The van der Waals surface area contributed by atoms with Crippen LogP contribution >= 0.6 is 0 Å². The zero-order valence-electron chi connectivity index (χ0n) is 8.92. The zero-order valence-corrected chi connectivity index (χ0v) is 8.92. The van der Waals surface area contributed by atoms with Gasteiger partial charge in [-0.3, -0.25) is 0 Å². The van der Waals surface area contributed by atoms with Crippen LogP contribution in [-0.4, -0.2) is 17.9 Å². The van der Waals surface area contributed by atoms with E-state index in [9.17, 15) is 13.2 Å². The summed E-state index contributed by atoms with van der Waals surface area (Å²) in [6, 6.07) is 9.16. The minimum absolute atomic E-state index is 0.00167. The van der Waals surface area contributed by atoms with Crippen LogP contribution in [-0.2, 0) is 11.2 Å². The molecule has 2 atom stereocenters. The van der Waals surface area contributed by atoms with Crippen molar-refractivity contribution >= 4 is 0 Å². The molecule has 0 spiro atoms. The lowest BCUT2D eigenvalue weighted by Crippen LogP contribution is -2.35. The van der Waals surface area contributed by atoms with E-state index in [1.807, 2.05) is 30.3 Å². The van der Waals surface area contributed by atoms with Crippen molar-refractivity contribution in [1.82, 2.24) is 0 Å². The van der Waals surface area contributed by atoms with E-state index in [4.69, 9.17) is 4.74 Å². The summed E-state index contributed by atoms with van der Waals surface area (Å²) in [7, 11) is 0. The topological polar surface area (TPSA) is 12.5 Å². The second kappa shape index (κ2) is 3.77. The van der Waals surface area contributed by atoms with Crippen LogP contribution in [0.3, 0.4) is 0 Å². The number of rotatable bonds is 3. The maximum Gasteiger partial charge on any atom is 0.420 e. The Morgan fingerprint density at radius 1 is 1.25 bits per heavy atom. The van der Waals surface area contributed by atoms with Crippen LogP contribution in [0.25, 0.3) is 0 Å². The molecule has 1 aliphatic heterocycles. The van der Waals surface area contributed by atoms with Crippen LogP contribution in [0.1, 0.15) is 18.9 Å². The van der Waals surface area contributed by atoms with Gasteiger partial charge in [-0.15, -0.1) is 0 Å². The second-order valence-electron chi connectivity index (χ2n) is 4.13. The third-order valence-corrected chi connectivity index (χ3v) is 3.09. The number of alkyl halides is 3. The molecule has 1 fully saturated rings. The summed E-state index contributed by atoms with van der Waals surface area (Å²) >= 11 is 0. The minimum atomic E-state index is -4.26. The number of aryl methyl sites for hydroxylation is 1. The Hall–Kier alpha value is -1.03. The first kappa shape index (κ1) is 11.5. The molecule has 0 aromatic heterocycles. The Balaban J connectivity index is 2.00. The normalized spacial score (nSPS) is 29.1. The third-order valence-electron chi connectivity index (χ3n) is 3.09. The number of epoxide rings is 1. The van der Waals surface area contributed by atoms with Gasteiger partial charge in [0.2, 0.25) is 0 Å². The predicted octanol–water partition coefficient (Wildman–Crippen LogP) is 3.34. The first-order valence-electron chi connectivity index (χ1n) is 5.24. The molecule has 0 N–H and O–H groups in total. The molecular formula is C12H13F3O. The van der Waals surface area contributed by atoms with E-state index in [1.54, 1.807) is 0 Å². The van der Waals surface area contributed by atoms with E-state index >= 15 is 0 Å². The molecule has 0 bridgehead atoms. The molecule has 2 unspecified atom stereocenters. The molecule has 1 aromatic carbocycles. The van der Waals surface area contributed by atoms with Crippen molar-refractivity contribution in [3.05, 3.63) is 35.9 Å². The number of hydrogen-bond donors (Lipinski definition) is 0. The fourth-order valence-electron chi connectivity index (χ4n) is 1.96. The Labute approximate surface area is 92.2 Å². The highest BCUT2D eigenvalue weighted by Crippen LogP contribution is 2.52. The Kier molecular flexibility index (Phi) is 2.70. The van der Waals surface area contributed by atoms with Crippen LogP contribution < -0.4 is 0 Å². The largest absolute Gasteiger partial charge is 0.420 e. The van der Waals surface area contributed by atoms with Crippen molar-refractivity contribution in [2.24, 2.45) is 0 Å². The number of halogens is 3. The molecule has 1 aromatic rings. The lowest BCUT2D eigenvalue weighted by Gasteiger charge is -2.16. The molecular weight excluding hydrogens is 217 g/mol. The Morgan fingerprint density at radius 3 is 2.25 bits per heavy atom. The standard InChI is InChI=1S/C12H13F3O/c1-9-11(16-9,12(13,14)15)8-7-10-5-3-2-4-6-10/h2-6,9H,7-8H2,1H3.